The summed E-state index contributed by atoms with van der Waals surface area (Å²) in [4.78, 5) is 22.7. The van der Waals surface area contributed by atoms with Crippen LogP contribution in [0.15, 0.2) is 30.5 Å². The van der Waals surface area contributed by atoms with Crippen molar-refractivity contribution < 1.29 is 14.3 Å². The Kier molecular flexibility index (Phi) is 4.82. The minimum absolute atomic E-state index is 0.171. The molecule has 0 spiro atoms. The molecular formula is C13H11Cl2N3O3. The molecule has 1 aromatic heterocycles. The van der Waals surface area contributed by atoms with Crippen molar-refractivity contribution in [2.75, 3.05) is 13.7 Å². The Hall–Kier alpha value is -2.05. The van der Waals surface area contributed by atoms with Gasteiger partial charge in [-0.25, -0.2) is 4.68 Å². The standard InChI is InChI=1S/C13H11Cl2N3O3/c1-21-12(19)7-16-13(20)11-4-5-18(17-11)8-2-3-9(14)10(15)6-8/h2-6H,7H2,1H3,(H,16,20). The van der Waals surface area contributed by atoms with Gasteiger partial charge in [0.25, 0.3) is 5.91 Å². The fourth-order valence-electron chi connectivity index (χ4n) is 1.53. The van der Waals surface area contributed by atoms with Gasteiger partial charge in [0, 0.05) is 6.20 Å². The monoisotopic (exact) mass is 327 g/mol. The molecule has 1 N–H and O–H groups in total. The van der Waals surface area contributed by atoms with Crippen molar-refractivity contribution >= 4 is 35.1 Å². The minimum Gasteiger partial charge on any atom is -0.468 e. The van der Waals surface area contributed by atoms with Crippen molar-refractivity contribution in [3.63, 3.8) is 0 Å². The van der Waals surface area contributed by atoms with Crippen molar-refractivity contribution in [3.8, 4) is 5.69 Å². The van der Waals surface area contributed by atoms with Crippen LogP contribution in [0.5, 0.6) is 0 Å². The summed E-state index contributed by atoms with van der Waals surface area (Å²) in [7, 11) is 1.24. The summed E-state index contributed by atoms with van der Waals surface area (Å²) in [6, 6.07) is 6.51. The van der Waals surface area contributed by atoms with Crippen LogP contribution in [0.3, 0.4) is 0 Å². The zero-order valence-electron chi connectivity index (χ0n) is 11.0. The van der Waals surface area contributed by atoms with Crippen LogP contribution in [0.25, 0.3) is 5.69 Å². The molecule has 0 saturated carbocycles. The number of halogens is 2. The SMILES string of the molecule is COC(=O)CNC(=O)c1ccn(-c2ccc(Cl)c(Cl)c2)n1. The first-order valence-corrected chi connectivity index (χ1v) is 6.63. The number of carbonyl (C=O) groups is 2. The lowest BCUT2D eigenvalue weighted by molar-refractivity contribution is -0.139. The van der Waals surface area contributed by atoms with Gasteiger partial charge in [-0.15, -0.1) is 0 Å². The van der Waals surface area contributed by atoms with E-state index in [2.05, 4.69) is 15.2 Å². The van der Waals surface area contributed by atoms with Gasteiger partial charge in [0.1, 0.15) is 6.54 Å². The highest BCUT2D eigenvalue weighted by Crippen LogP contribution is 2.24. The molecule has 110 valence electrons. The molecule has 0 aliphatic carbocycles. The number of benzene rings is 1. The molecule has 6 nitrogen and oxygen atoms in total. The van der Waals surface area contributed by atoms with Crippen molar-refractivity contribution in [1.29, 1.82) is 0 Å². The van der Waals surface area contributed by atoms with Gasteiger partial charge >= 0.3 is 5.97 Å². The summed E-state index contributed by atoms with van der Waals surface area (Å²) < 4.78 is 5.91. The van der Waals surface area contributed by atoms with Crippen LogP contribution in [0.1, 0.15) is 10.5 Å². The highest BCUT2D eigenvalue weighted by molar-refractivity contribution is 6.42. The molecular weight excluding hydrogens is 317 g/mol. The maximum absolute atomic E-state index is 11.8. The number of esters is 1. The van der Waals surface area contributed by atoms with Crippen molar-refractivity contribution in [2.45, 2.75) is 0 Å². The Morgan fingerprint density at radius 3 is 2.71 bits per heavy atom. The van der Waals surface area contributed by atoms with Crippen LogP contribution >= 0.6 is 23.2 Å². The number of nitrogens with one attached hydrogen (secondary N) is 1. The zero-order chi connectivity index (χ0) is 15.4. The number of aromatic nitrogens is 2. The molecule has 1 heterocycles. The first-order chi connectivity index (χ1) is 10.0. The maximum atomic E-state index is 11.8. The van der Waals surface area contributed by atoms with Crippen LogP contribution in [0, 0.1) is 0 Å². The molecule has 0 saturated heterocycles. The largest absolute Gasteiger partial charge is 0.468 e. The second-order valence-corrected chi connectivity index (χ2v) is 4.82. The Morgan fingerprint density at radius 2 is 2.05 bits per heavy atom. The van der Waals surface area contributed by atoms with Crippen LogP contribution in [-0.2, 0) is 9.53 Å². The van der Waals surface area contributed by atoms with E-state index in [1.807, 2.05) is 0 Å². The third kappa shape index (κ3) is 3.74. The number of amides is 1. The number of hydrogen-bond donors (Lipinski definition) is 1. The third-order valence-electron chi connectivity index (χ3n) is 2.61. The number of rotatable bonds is 4. The van der Waals surface area contributed by atoms with Crippen LogP contribution < -0.4 is 5.32 Å². The Bertz CT molecular complexity index is 685. The molecule has 21 heavy (non-hydrogen) atoms. The Morgan fingerprint density at radius 1 is 1.29 bits per heavy atom. The number of carbonyl (C=O) groups excluding carboxylic acids is 2. The normalized spacial score (nSPS) is 10.2. The second kappa shape index (κ2) is 6.60. The van der Waals surface area contributed by atoms with Crippen LogP contribution in [0.4, 0.5) is 0 Å². The number of methoxy groups -OCH3 is 1. The summed E-state index contributed by atoms with van der Waals surface area (Å²) in [6.07, 6.45) is 1.60. The van der Waals surface area contributed by atoms with Gasteiger partial charge < -0.3 is 10.1 Å². The van der Waals surface area contributed by atoms with E-state index in [1.54, 1.807) is 24.4 Å². The maximum Gasteiger partial charge on any atom is 0.325 e. The molecule has 0 bridgehead atoms. The number of ether oxygens (including phenoxy) is 1. The van der Waals surface area contributed by atoms with Crippen LogP contribution in [0.2, 0.25) is 10.0 Å². The number of hydrogen-bond acceptors (Lipinski definition) is 4. The summed E-state index contributed by atoms with van der Waals surface area (Å²) in [5.74, 6) is -1.01. The van der Waals surface area contributed by atoms with E-state index < -0.39 is 11.9 Å². The van der Waals surface area contributed by atoms with Crippen LogP contribution in [-0.4, -0.2) is 35.3 Å². The molecule has 8 heteroatoms. The predicted molar refractivity (Wildman–Crippen MR) is 77.9 cm³/mol. The van der Waals surface area contributed by atoms with E-state index in [1.165, 1.54) is 17.9 Å². The molecule has 0 atom stereocenters. The van der Waals surface area contributed by atoms with Crippen molar-refractivity contribution in [2.24, 2.45) is 0 Å². The Balaban J connectivity index is 2.12. The molecule has 2 rings (SSSR count). The highest BCUT2D eigenvalue weighted by atomic mass is 35.5. The summed E-state index contributed by atoms with van der Waals surface area (Å²) >= 11 is 11.8. The summed E-state index contributed by atoms with van der Waals surface area (Å²) in [6.45, 7) is -0.213. The third-order valence-corrected chi connectivity index (χ3v) is 3.35. The molecule has 1 aromatic carbocycles. The van der Waals surface area contributed by atoms with E-state index in [0.29, 0.717) is 15.7 Å². The first-order valence-electron chi connectivity index (χ1n) is 5.87. The number of nitrogens with zero attached hydrogens (tertiary/aromatic N) is 2. The van der Waals surface area contributed by atoms with E-state index >= 15 is 0 Å². The smallest absolute Gasteiger partial charge is 0.325 e. The lowest BCUT2D eigenvalue weighted by Crippen LogP contribution is -2.30. The lowest BCUT2D eigenvalue weighted by atomic mass is 10.3. The Labute approximate surface area is 130 Å². The van der Waals surface area contributed by atoms with E-state index in [9.17, 15) is 9.59 Å². The van der Waals surface area contributed by atoms with Gasteiger partial charge in [0.15, 0.2) is 5.69 Å². The fraction of sp³-hybridized carbons (Fsp3) is 0.154. The average molecular weight is 328 g/mol. The minimum atomic E-state index is -0.535. The molecule has 1 amide bonds. The molecule has 0 unspecified atom stereocenters. The van der Waals surface area contributed by atoms with Gasteiger partial charge in [-0.3, -0.25) is 9.59 Å². The van der Waals surface area contributed by atoms with Gasteiger partial charge in [-0.05, 0) is 24.3 Å². The summed E-state index contributed by atoms with van der Waals surface area (Å²) in [5.41, 5.74) is 0.835. The zero-order valence-corrected chi connectivity index (χ0v) is 12.5. The summed E-state index contributed by atoms with van der Waals surface area (Å²) in [5, 5.41) is 7.33. The molecule has 0 radical (unpaired) electrons. The van der Waals surface area contributed by atoms with Crippen molar-refractivity contribution in [1.82, 2.24) is 15.1 Å². The van der Waals surface area contributed by atoms with Gasteiger partial charge in [0.2, 0.25) is 0 Å². The fourth-order valence-corrected chi connectivity index (χ4v) is 1.82. The van der Waals surface area contributed by atoms with Gasteiger partial charge in [-0.1, -0.05) is 23.2 Å². The highest BCUT2D eigenvalue weighted by Gasteiger charge is 2.12. The average Bonchev–Trinajstić information content (AvgIpc) is 2.97. The molecule has 2 aromatic rings. The lowest BCUT2D eigenvalue weighted by Gasteiger charge is -2.03. The van der Waals surface area contributed by atoms with E-state index in [-0.39, 0.29) is 12.2 Å². The van der Waals surface area contributed by atoms with Gasteiger partial charge in [-0.2, -0.15) is 5.10 Å². The van der Waals surface area contributed by atoms with Gasteiger partial charge in [0.05, 0.1) is 22.8 Å². The topological polar surface area (TPSA) is 73.2 Å². The molecule has 0 aliphatic rings. The predicted octanol–water partition coefficient (Wildman–Crippen LogP) is 2.08. The van der Waals surface area contributed by atoms with E-state index in [0.717, 1.165) is 0 Å². The van der Waals surface area contributed by atoms with Crippen molar-refractivity contribution in [3.05, 3.63) is 46.2 Å². The van der Waals surface area contributed by atoms with E-state index in [4.69, 9.17) is 23.2 Å². The quantitative estimate of drug-likeness (QED) is 0.872. The second-order valence-electron chi connectivity index (χ2n) is 4.00. The molecule has 0 aliphatic heterocycles. The molecule has 0 fully saturated rings. The first kappa shape index (κ1) is 15.3.